The lowest BCUT2D eigenvalue weighted by Crippen LogP contribution is -2.14. The number of nitrogens with one attached hydrogen (secondary N) is 1. The van der Waals surface area contributed by atoms with Crippen LogP contribution in [0.25, 0.3) is 21.3 Å². The summed E-state index contributed by atoms with van der Waals surface area (Å²) in [5.41, 5.74) is 5.27. The van der Waals surface area contributed by atoms with Gasteiger partial charge in [-0.3, -0.25) is 4.79 Å². The van der Waals surface area contributed by atoms with Crippen molar-refractivity contribution in [3.8, 4) is 11.1 Å². The predicted octanol–water partition coefficient (Wildman–Crippen LogP) is 6.36. The maximum absolute atomic E-state index is 12.5. The Kier molecular flexibility index (Phi) is 5.85. The van der Waals surface area contributed by atoms with Gasteiger partial charge < -0.3 is 5.32 Å². The fraction of sp³-hybridized carbons (Fsp3) is 0.136. The zero-order chi connectivity index (χ0) is 20.4. The molecule has 7 heteroatoms. The van der Waals surface area contributed by atoms with Crippen molar-refractivity contribution in [2.24, 2.45) is 0 Å². The Morgan fingerprint density at radius 2 is 1.90 bits per heavy atom. The van der Waals surface area contributed by atoms with Crippen LogP contribution in [0.2, 0.25) is 5.02 Å². The number of halogens is 1. The van der Waals surface area contributed by atoms with E-state index in [1.165, 1.54) is 17.3 Å². The average Bonchev–Trinajstić information content (AvgIpc) is 3.15. The largest absolute Gasteiger partial charge is 0.325 e. The van der Waals surface area contributed by atoms with Crippen LogP contribution in [0.1, 0.15) is 11.1 Å². The van der Waals surface area contributed by atoms with Crippen molar-refractivity contribution in [3.63, 3.8) is 0 Å². The van der Waals surface area contributed by atoms with Gasteiger partial charge in [0, 0.05) is 21.7 Å². The van der Waals surface area contributed by atoms with Crippen molar-refractivity contribution in [2.75, 3.05) is 11.1 Å². The van der Waals surface area contributed by atoms with Crippen molar-refractivity contribution < 1.29 is 4.79 Å². The maximum atomic E-state index is 12.5. The number of amides is 1. The van der Waals surface area contributed by atoms with Crippen LogP contribution in [0.4, 0.5) is 5.69 Å². The maximum Gasteiger partial charge on any atom is 0.234 e. The van der Waals surface area contributed by atoms with Crippen molar-refractivity contribution in [3.05, 3.63) is 70.3 Å². The highest BCUT2D eigenvalue weighted by molar-refractivity contribution is 8.00. The van der Waals surface area contributed by atoms with Gasteiger partial charge in [0.2, 0.25) is 5.91 Å². The van der Waals surface area contributed by atoms with Gasteiger partial charge in [0.25, 0.3) is 0 Å². The summed E-state index contributed by atoms with van der Waals surface area (Å²) in [7, 11) is 0. The smallest absolute Gasteiger partial charge is 0.234 e. The van der Waals surface area contributed by atoms with E-state index in [2.05, 4.69) is 27.6 Å². The molecule has 4 aromatic rings. The fourth-order valence-corrected chi connectivity index (χ4v) is 4.87. The summed E-state index contributed by atoms with van der Waals surface area (Å²) in [6.07, 6.45) is 1.55. The number of benzene rings is 2. The molecule has 2 aromatic carbocycles. The summed E-state index contributed by atoms with van der Waals surface area (Å²) in [6.45, 7) is 4.09. The molecule has 0 aliphatic carbocycles. The summed E-state index contributed by atoms with van der Waals surface area (Å²) in [4.78, 5) is 22.2. The molecular formula is C22H18ClN3OS2. The number of aryl methyl sites for hydroxylation is 2. The van der Waals surface area contributed by atoms with Crippen LogP contribution < -0.4 is 5.32 Å². The number of nitrogens with zero attached hydrogens (tertiary/aromatic N) is 2. The first-order valence-electron chi connectivity index (χ1n) is 8.99. The van der Waals surface area contributed by atoms with E-state index in [-0.39, 0.29) is 11.7 Å². The number of carbonyl (C=O) groups is 1. The van der Waals surface area contributed by atoms with E-state index in [1.54, 1.807) is 17.7 Å². The standard InChI is InChI=1S/C22H18ClN3OS2/c1-13-3-8-17(9-14(13)2)26-19(27)11-29-22-20-18(10-28-21(20)24-12-25-22)15-4-6-16(23)7-5-15/h3-10,12H,11H2,1-2H3,(H,26,27). The van der Waals surface area contributed by atoms with Gasteiger partial charge in [-0.25, -0.2) is 9.97 Å². The van der Waals surface area contributed by atoms with Gasteiger partial charge in [-0.05, 0) is 54.8 Å². The van der Waals surface area contributed by atoms with Crippen molar-refractivity contribution >= 4 is 56.5 Å². The van der Waals surface area contributed by atoms with Gasteiger partial charge in [0.15, 0.2) is 0 Å². The molecule has 146 valence electrons. The molecule has 2 heterocycles. The SMILES string of the molecule is Cc1ccc(NC(=O)CSc2ncnc3scc(-c4ccc(Cl)cc4)c23)cc1C. The van der Waals surface area contributed by atoms with Gasteiger partial charge in [-0.15, -0.1) is 11.3 Å². The molecule has 0 fully saturated rings. The van der Waals surface area contributed by atoms with Gasteiger partial charge in [0.1, 0.15) is 16.2 Å². The first-order chi connectivity index (χ1) is 14.0. The Labute approximate surface area is 182 Å². The summed E-state index contributed by atoms with van der Waals surface area (Å²) in [6, 6.07) is 13.6. The van der Waals surface area contributed by atoms with Crippen LogP contribution >= 0.6 is 34.7 Å². The van der Waals surface area contributed by atoms with E-state index < -0.39 is 0 Å². The molecule has 2 aromatic heterocycles. The Morgan fingerprint density at radius 1 is 1.10 bits per heavy atom. The predicted molar refractivity (Wildman–Crippen MR) is 123 cm³/mol. The second-order valence-corrected chi connectivity index (χ2v) is 8.91. The first kappa shape index (κ1) is 19.9. The summed E-state index contributed by atoms with van der Waals surface area (Å²) in [5, 5.41) is 7.51. The minimum absolute atomic E-state index is 0.0618. The van der Waals surface area contributed by atoms with Crippen LogP contribution in [-0.4, -0.2) is 21.6 Å². The van der Waals surface area contributed by atoms with Gasteiger partial charge in [-0.1, -0.05) is 41.6 Å². The topological polar surface area (TPSA) is 54.9 Å². The number of anilines is 1. The lowest BCUT2D eigenvalue weighted by atomic mass is 10.1. The number of aromatic nitrogens is 2. The van der Waals surface area contributed by atoms with Crippen LogP contribution in [-0.2, 0) is 4.79 Å². The van der Waals surface area contributed by atoms with E-state index in [9.17, 15) is 4.79 Å². The fourth-order valence-electron chi connectivity index (χ4n) is 2.95. The van der Waals surface area contributed by atoms with Gasteiger partial charge in [-0.2, -0.15) is 0 Å². The highest BCUT2D eigenvalue weighted by Gasteiger charge is 2.15. The molecule has 1 amide bonds. The zero-order valence-corrected chi connectivity index (χ0v) is 18.3. The third-order valence-corrected chi connectivity index (χ3v) is 6.75. The number of carbonyl (C=O) groups excluding carboxylic acids is 1. The molecule has 4 rings (SSSR count). The lowest BCUT2D eigenvalue weighted by Gasteiger charge is -2.08. The molecule has 29 heavy (non-hydrogen) atoms. The molecule has 1 N–H and O–H groups in total. The number of thiophene rings is 1. The van der Waals surface area contributed by atoms with Crippen LogP contribution in [0.3, 0.4) is 0 Å². The molecule has 0 saturated carbocycles. The number of hydrogen-bond acceptors (Lipinski definition) is 5. The Bertz CT molecular complexity index is 1190. The molecule has 4 nitrogen and oxygen atoms in total. The highest BCUT2D eigenvalue weighted by atomic mass is 35.5. The summed E-state index contributed by atoms with van der Waals surface area (Å²) in [5.74, 6) is 0.211. The summed E-state index contributed by atoms with van der Waals surface area (Å²) >= 11 is 9.01. The molecule has 0 unspecified atom stereocenters. The molecule has 0 bridgehead atoms. The van der Waals surface area contributed by atoms with Crippen LogP contribution in [0, 0.1) is 13.8 Å². The van der Waals surface area contributed by atoms with E-state index >= 15 is 0 Å². The monoisotopic (exact) mass is 439 g/mol. The Hall–Kier alpha value is -2.41. The second kappa shape index (κ2) is 8.53. The number of thioether (sulfide) groups is 1. The number of rotatable bonds is 5. The average molecular weight is 440 g/mol. The van der Waals surface area contributed by atoms with E-state index in [1.807, 2.05) is 49.4 Å². The second-order valence-electron chi connectivity index (χ2n) is 6.65. The van der Waals surface area contributed by atoms with Gasteiger partial charge in [0.05, 0.1) is 11.1 Å². The van der Waals surface area contributed by atoms with E-state index in [0.29, 0.717) is 5.02 Å². The summed E-state index contributed by atoms with van der Waals surface area (Å²) < 4.78 is 0. The molecule has 0 atom stereocenters. The highest BCUT2D eigenvalue weighted by Crippen LogP contribution is 2.38. The zero-order valence-electron chi connectivity index (χ0n) is 15.9. The normalized spacial score (nSPS) is 11.0. The van der Waals surface area contributed by atoms with Crippen LogP contribution in [0.5, 0.6) is 0 Å². The Morgan fingerprint density at radius 3 is 2.66 bits per heavy atom. The van der Waals surface area contributed by atoms with Crippen molar-refractivity contribution in [2.45, 2.75) is 18.9 Å². The first-order valence-corrected chi connectivity index (χ1v) is 11.2. The minimum atomic E-state index is -0.0618. The molecule has 0 aliphatic rings. The van der Waals surface area contributed by atoms with E-state index in [0.717, 1.165) is 37.6 Å². The minimum Gasteiger partial charge on any atom is -0.325 e. The van der Waals surface area contributed by atoms with Crippen LogP contribution in [0.15, 0.2) is 59.2 Å². The van der Waals surface area contributed by atoms with Gasteiger partial charge >= 0.3 is 0 Å². The third-order valence-electron chi connectivity index (χ3n) is 4.62. The molecule has 0 spiro atoms. The third kappa shape index (κ3) is 4.45. The molecule has 0 aliphatic heterocycles. The molecule has 0 saturated heterocycles. The molecular weight excluding hydrogens is 422 g/mol. The lowest BCUT2D eigenvalue weighted by molar-refractivity contribution is -0.113. The Balaban J connectivity index is 1.54. The number of fused-ring (bicyclic) bond motifs is 1. The van der Waals surface area contributed by atoms with E-state index in [4.69, 9.17) is 11.6 Å². The quantitative estimate of drug-likeness (QED) is 0.290. The number of hydrogen-bond donors (Lipinski definition) is 1. The molecule has 0 radical (unpaired) electrons. The van der Waals surface area contributed by atoms with Crippen molar-refractivity contribution in [1.29, 1.82) is 0 Å². The van der Waals surface area contributed by atoms with Crippen molar-refractivity contribution in [1.82, 2.24) is 9.97 Å².